The summed E-state index contributed by atoms with van der Waals surface area (Å²) >= 11 is 1.31. The average molecular weight is 542 g/mol. The molecular formula is C24H31NO11S. The maximum absolute atomic E-state index is 12.3. The van der Waals surface area contributed by atoms with Gasteiger partial charge in [-0.2, -0.15) is 0 Å². The van der Waals surface area contributed by atoms with Gasteiger partial charge in [0.25, 0.3) is 0 Å². The summed E-state index contributed by atoms with van der Waals surface area (Å²) < 4.78 is 32.4. The lowest BCUT2D eigenvalue weighted by Gasteiger charge is -2.39. The molecule has 2 rings (SSSR count). The van der Waals surface area contributed by atoms with Crippen molar-refractivity contribution in [2.24, 2.45) is 0 Å². The summed E-state index contributed by atoms with van der Waals surface area (Å²) in [6.07, 6.45) is -5.63. The summed E-state index contributed by atoms with van der Waals surface area (Å²) in [6.45, 7) is 5.22. The average Bonchev–Trinajstić information content (AvgIpc) is 3.15. The lowest BCUT2D eigenvalue weighted by molar-refractivity contribution is -0.202. The third-order valence-electron chi connectivity index (χ3n) is 4.97. The summed E-state index contributed by atoms with van der Waals surface area (Å²) in [5.41, 5.74) is 0.776. The van der Waals surface area contributed by atoms with Crippen LogP contribution in [0.25, 0.3) is 0 Å². The standard InChI is InChI=1S/C24H31NO11S/c1-13(26)32-11-19(33-14(2)27)21(34-15(3)28)22(35-16(4)29)23(36-17(5)30)24-25(12-31-6)18-9-7-8-10-20(18)37-24/h7-10,19,21-24H,11-12H2,1-6H3/t19-,21+,22-,23-,24-/m1/s1. The van der Waals surface area contributed by atoms with E-state index in [1.807, 2.05) is 24.3 Å². The van der Waals surface area contributed by atoms with Crippen LogP contribution < -0.4 is 4.90 Å². The lowest BCUT2D eigenvalue weighted by Crippen LogP contribution is -2.58. The number of fused-ring (bicyclic) bond motifs is 1. The molecule has 5 atom stereocenters. The highest BCUT2D eigenvalue weighted by Gasteiger charge is 2.50. The molecule has 0 bridgehead atoms. The van der Waals surface area contributed by atoms with Crippen LogP contribution in [0.2, 0.25) is 0 Å². The molecule has 0 radical (unpaired) electrons. The normalized spacial score (nSPS) is 17.5. The van der Waals surface area contributed by atoms with Crippen molar-refractivity contribution in [3.8, 4) is 0 Å². The fraction of sp³-hybridized carbons (Fsp3) is 0.542. The van der Waals surface area contributed by atoms with E-state index in [0.717, 1.165) is 38.3 Å². The van der Waals surface area contributed by atoms with Crippen molar-refractivity contribution in [2.45, 2.75) is 69.3 Å². The van der Waals surface area contributed by atoms with Crippen molar-refractivity contribution in [1.29, 1.82) is 0 Å². The predicted octanol–water partition coefficient (Wildman–Crippen LogP) is 1.82. The van der Waals surface area contributed by atoms with Crippen LogP contribution in [0.1, 0.15) is 34.6 Å². The molecule has 0 aromatic heterocycles. The molecular weight excluding hydrogens is 510 g/mol. The zero-order valence-corrected chi connectivity index (χ0v) is 22.3. The second-order valence-corrected chi connectivity index (χ2v) is 9.19. The van der Waals surface area contributed by atoms with Gasteiger partial charge in [0, 0.05) is 46.6 Å². The Kier molecular flexibility index (Phi) is 11.2. The minimum Gasteiger partial charge on any atom is -0.462 e. The Hall–Kier alpha value is -3.32. The van der Waals surface area contributed by atoms with Gasteiger partial charge in [0.05, 0.1) is 5.69 Å². The molecule has 37 heavy (non-hydrogen) atoms. The molecule has 1 aliphatic rings. The minimum atomic E-state index is -1.51. The van der Waals surface area contributed by atoms with Crippen molar-refractivity contribution in [1.82, 2.24) is 0 Å². The molecule has 0 saturated carbocycles. The summed E-state index contributed by atoms with van der Waals surface area (Å²) in [5.74, 6) is -3.76. The van der Waals surface area contributed by atoms with Gasteiger partial charge >= 0.3 is 29.8 Å². The first-order valence-electron chi connectivity index (χ1n) is 11.3. The number of hydrogen-bond donors (Lipinski definition) is 0. The Morgan fingerprint density at radius 1 is 0.811 bits per heavy atom. The number of para-hydroxylation sites is 1. The van der Waals surface area contributed by atoms with Gasteiger partial charge in [-0.25, -0.2) is 0 Å². The molecule has 0 fully saturated rings. The van der Waals surface area contributed by atoms with Crippen molar-refractivity contribution in [3.63, 3.8) is 0 Å². The number of rotatable bonds is 12. The highest BCUT2D eigenvalue weighted by molar-refractivity contribution is 8.00. The molecule has 0 N–H and O–H groups in total. The summed E-state index contributed by atoms with van der Waals surface area (Å²) in [6, 6.07) is 7.37. The largest absolute Gasteiger partial charge is 0.462 e. The number of anilines is 1. The van der Waals surface area contributed by atoms with Gasteiger partial charge in [0.15, 0.2) is 24.4 Å². The van der Waals surface area contributed by atoms with Crippen LogP contribution in [0.5, 0.6) is 0 Å². The molecule has 0 spiro atoms. The fourth-order valence-corrected chi connectivity index (χ4v) is 5.17. The number of benzene rings is 1. The van der Waals surface area contributed by atoms with Gasteiger partial charge in [0.2, 0.25) is 0 Å². The SMILES string of the molecule is COCN1c2ccccc2S[C@@H]1[C@H](OC(C)=O)[C@H](OC(C)=O)[C@@H](OC(C)=O)[C@@H](COC(C)=O)OC(C)=O. The molecule has 1 aromatic rings. The van der Waals surface area contributed by atoms with E-state index in [2.05, 4.69) is 0 Å². The molecule has 0 unspecified atom stereocenters. The van der Waals surface area contributed by atoms with Crippen LogP contribution in [0, 0.1) is 0 Å². The van der Waals surface area contributed by atoms with E-state index in [1.165, 1.54) is 25.8 Å². The first kappa shape index (κ1) is 29.9. The zero-order valence-electron chi connectivity index (χ0n) is 21.5. The first-order chi connectivity index (χ1) is 17.4. The van der Waals surface area contributed by atoms with Crippen molar-refractivity contribution < 1.29 is 52.4 Å². The molecule has 0 amide bonds. The van der Waals surface area contributed by atoms with E-state index in [9.17, 15) is 24.0 Å². The first-order valence-corrected chi connectivity index (χ1v) is 12.2. The van der Waals surface area contributed by atoms with E-state index in [1.54, 1.807) is 4.90 Å². The number of esters is 5. The quantitative estimate of drug-likeness (QED) is 0.280. The number of ether oxygens (including phenoxy) is 6. The second-order valence-electron chi connectivity index (χ2n) is 8.04. The Labute approximate surface area is 218 Å². The zero-order chi connectivity index (χ0) is 27.7. The fourth-order valence-electron chi connectivity index (χ4n) is 3.80. The summed E-state index contributed by atoms with van der Waals surface area (Å²) in [4.78, 5) is 62.7. The number of methoxy groups -OCH3 is 1. The molecule has 12 nitrogen and oxygen atoms in total. The van der Waals surface area contributed by atoms with E-state index in [4.69, 9.17) is 28.4 Å². The topological polar surface area (TPSA) is 144 Å². The lowest BCUT2D eigenvalue weighted by atomic mass is 10.0. The number of nitrogens with zero attached hydrogens (tertiary/aromatic N) is 1. The Balaban J connectivity index is 2.63. The van der Waals surface area contributed by atoms with E-state index in [-0.39, 0.29) is 6.73 Å². The monoisotopic (exact) mass is 541 g/mol. The third-order valence-corrected chi connectivity index (χ3v) is 6.33. The summed E-state index contributed by atoms with van der Waals surface area (Å²) in [7, 11) is 1.49. The smallest absolute Gasteiger partial charge is 0.303 e. The van der Waals surface area contributed by atoms with Gasteiger partial charge in [-0.1, -0.05) is 23.9 Å². The third kappa shape index (κ3) is 8.64. The van der Waals surface area contributed by atoms with Crippen LogP contribution >= 0.6 is 11.8 Å². The van der Waals surface area contributed by atoms with Crippen LogP contribution in [0.4, 0.5) is 5.69 Å². The number of carbonyl (C=O) groups excluding carboxylic acids is 5. The van der Waals surface area contributed by atoms with Crippen LogP contribution in [0.15, 0.2) is 29.2 Å². The minimum absolute atomic E-state index is 0.0816. The Morgan fingerprint density at radius 2 is 1.38 bits per heavy atom. The molecule has 1 heterocycles. The second kappa shape index (κ2) is 13.8. The van der Waals surface area contributed by atoms with Crippen molar-refractivity contribution >= 4 is 47.3 Å². The number of hydrogen-bond acceptors (Lipinski definition) is 13. The predicted molar refractivity (Wildman–Crippen MR) is 129 cm³/mol. The van der Waals surface area contributed by atoms with Crippen LogP contribution in [0.3, 0.4) is 0 Å². The van der Waals surface area contributed by atoms with Crippen LogP contribution in [-0.2, 0) is 52.4 Å². The van der Waals surface area contributed by atoms with E-state index in [0.29, 0.717) is 0 Å². The van der Waals surface area contributed by atoms with Gasteiger partial charge < -0.3 is 33.3 Å². The highest BCUT2D eigenvalue weighted by atomic mass is 32.2. The van der Waals surface area contributed by atoms with E-state index < -0.39 is 66.2 Å². The van der Waals surface area contributed by atoms with Crippen molar-refractivity contribution in [3.05, 3.63) is 24.3 Å². The molecule has 1 aromatic carbocycles. The highest BCUT2D eigenvalue weighted by Crippen LogP contribution is 2.46. The molecule has 204 valence electrons. The molecule has 0 saturated heterocycles. The van der Waals surface area contributed by atoms with Gasteiger partial charge in [0.1, 0.15) is 18.7 Å². The van der Waals surface area contributed by atoms with Crippen molar-refractivity contribution in [2.75, 3.05) is 25.3 Å². The molecule has 0 aliphatic carbocycles. The van der Waals surface area contributed by atoms with Gasteiger partial charge in [-0.3, -0.25) is 24.0 Å². The van der Waals surface area contributed by atoms with E-state index >= 15 is 0 Å². The maximum atomic E-state index is 12.3. The Bertz CT molecular complexity index is 1000. The van der Waals surface area contributed by atoms with Gasteiger partial charge in [-0.15, -0.1) is 0 Å². The van der Waals surface area contributed by atoms with Crippen LogP contribution in [-0.4, -0.2) is 80.1 Å². The molecule has 1 aliphatic heterocycles. The van der Waals surface area contributed by atoms with Gasteiger partial charge in [-0.05, 0) is 12.1 Å². The molecule has 13 heteroatoms. The number of thioether (sulfide) groups is 1. The number of carbonyl (C=O) groups is 5. The Morgan fingerprint density at radius 3 is 1.92 bits per heavy atom. The summed E-state index contributed by atoms with van der Waals surface area (Å²) in [5, 5.41) is -0.713. The maximum Gasteiger partial charge on any atom is 0.303 e.